The fraction of sp³-hybridized carbons (Fsp3) is 0.171. The zero-order valence-electron chi connectivity index (χ0n) is 23.4. The van der Waals surface area contributed by atoms with Crippen LogP contribution in [0.15, 0.2) is 114 Å². The van der Waals surface area contributed by atoms with Crippen molar-refractivity contribution in [2.45, 2.75) is 24.8 Å². The van der Waals surface area contributed by atoms with E-state index in [0.29, 0.717) is 40.8 Å². The first kappa shape index (κ1) is 27.0. The molecule has 4 aromatic carbocycles. The highest BCUT2D eigenvalue weighted by Gasteiger charge is 2.42. The van der Waals surface area contributed by atoms with Crippen LogP contribution in [0.5, 0.6) is 5.75 Å². The third kappa shape index (κ3) is 4.94. The summed E-state index contributed by atoms with van der Waals surface area (Å²) < 4.78 is 10.2. The molecule has 1 heterocycles. The Bertz CT molecular complexity index is 1680. The van der Waals surface area contributed by atoms with Crippen molar-refractivity contribution in [1.29, 1.82) is 0 Å². The Morgan fingerprint density at radius 1 is 0.762 bits per heavy atom. The van der Waals surface area contributed by atoms with Crippen molar-refractivity contribution >= 4 is 29.0 Å². The van der Waals surface area contributed by atoms with E-state index in [4.69, 9.17) is 9.47 Å². The van der Waals surface area contributed by atoms with Crippen molar-refractivity contribution in [1.82, 2.24) is 0 Å². The number of amides is 1. The van der Waals surface area contributed by atoms with Crippen LogP contribution in [-0.2, 0) is 9.53 Å². The standard InChI is InChI=1S/C35H30N2O5/c1-41-27-18-16-22(17-19-27)26-20-29-32(31(38)21-26)33(23-12-14-25(15-13-23)35(40)42-2)37(30-11-7-6-10-28(30)36-29)34(39)24-8-4-3-5-9-24/h3-19,26,33,36H,20-21H2,1-2H3/t26-,33+/m0/s1. The molecule has 0 aromatic heterocycles. The van der Waals surface area contributed by atoms with Gasteiger partial charge in [-0.2, -0.15) is 0 Å². The van der Waals surface area contributed by atoms with Crippen LogP contribution in [0.25, 0.3) is 0 Å². The van der Waals surface area contributed by atoms with E-state index in [-0.39, 0.29) is 17.6 Å². The van der Waals surface area contributed by atoms with E-state index in [1.54, 1.807) is 48.4 Å². The lowest BCUT2D eigenvalue weighted by Crippen LogP contribution is -2.38. The monoisotopic (exact) mass is 558 g/mol. The molecule has 0 radical (unpaired) electrons. The Labute approximate surface area is 244 Å². The van der Waals surface area contributed by atoms with Crippen molar-refractivity contribution in [2.75, 3.05) is 24.4 Å². The summed E-state index contributed by atoms with van der Waals surface area (Å²) in [4.78, 5) is 42.4. The van der Waals surface area contributed by atoms with Crippen LogP contribution in [0.3, 0.4) is 0 Å². The quantitative estimate of drug-likeness (QED) is 0.275. The van der Waals surface area contributed by atoms with Gasteiger partial charge in [-0.3, -0.25) is 14.5 Å². The van der Waals surface area contributed by atoms with Gasteiger partial charge in [0, 0.05) is 23.3 Å². The third-order valence-electron chi connectivity index (χ3n) is 7.96. The van der Waals surface area contributed by atoms with Gasteiger partial charge in [0.25, 0.3) is 5.91 Å². The van der Waals surface area contributed by atoms with Crippen molar-refractivity contribution in [3.05, 3.63) is 137 Å². The van der Waals surface area contributed by atoms with E-state index in [2.05, 4.69) is 5.32 Å². The van der Waals surface area contributed by atoms with Gasteiger partial charge in [-0.15, -0.1) is 0 Å². The predicted octanol–water partition coefficient (Wildman–Crippen LogP) is 6.70. The predicted molar refractivity (Wildman–Crippen MR) is 161 cm³/mol. The fourth-order valence-corrected chi connectivity index (χ4v) is 5.88. The van der Waals surface area contributed by atoms with Gasteiger partial charge in [0.1, 0.15) is 5.75 Å². The molecule has 0 saturated heterocycles. The lowest BCUT2D eigenvalue weighted by molar-refractivity contribution is -0.116. The molecule has 1 aliphatic heterocycles. The highest BCUT2D eigenvalue weighted by molar-refractivity contribution is 6.12. The highest BCUT2D eigenvalue weighted by Crippen LogP contribution is 2.48. The second kappa shape index (κ2) is 11.4. The number of hydrogen-bond acceptors (Lipinski definition) is 6. The maximum absolute atomic E-state index is 14.3. The maximum Gasteiger partial charge on any atom is 0.337 e. The molecule has 0 spiro atoms. The normalized spacial score (nSPS) is 17.9. The summed E-state index contributed by atoms with van der Waals surface area (Å²) in [5.41, 5.74) is 5.39. The summed E-state index contributed by atoms with van der Waals surface area (Å²) in [6, 6.07) is 30.7. The van der Waals surface area contributed by atoms with Crippen LogP contribution in [0, 0.1) is 0 Å². The number of para-hydroxylation sites is 2. The first-order chi connectivity index (χ1) is 20.5. The number of ether oxygens (including phenoxy) is 2. The van der Waals surface area contributed by atoms with Crippen molar-refractivity contribution in [2.24, 2.45) is 0 Å². The molecule has 210 valence electrons. The van der Waals surface area contributed by atoms with Crippen molar-refractivity contribution in [3.63, 3.8) is 0 Å². The Hall–Kier alpha value is -5.17. The van der Waals surface area contributed by atoms with Gasteiger partial charge in [-0.1, -0.05) is 54.6 Å². The second-order valence-electron chi connectivity index (χ2n) is 10.4. The molecular weight excluding hydrogens is 528 g/mol. The van der Waals surface area contributed by atoms with E-state index in [1.807, 2.05) is 66.7 Å². The molecule has 2 aliphatic rings. The van der Waals surface area contributed by atoms with Crippen LogP contribution in [0.1, 0.15) is 56.6 Å². The maximum atomic E-state index is 14.3. The van der Waals surface area contributed by atoms with E-state index >= 15 is 0 Å². The zero-order valence-corrected chi connectivity index (χ0v) is 23.4. The SMILES string of the molecule is COC(=O)c1ccc([C@@H]2C3=C(C[C@H](c4ccc(OC)cc4)CC3=O)Nc3ccccc3N2C(=O)c2ccccc2)cc1. The molecule has 0 bridgehead atoms. The van der Waals surface area contributed by atoms with Gasteiger partial charge >= 0.3 is 5.97 Å². The van der Waals surface area contributed by atoms with E-state index < -0.39 is 12.0 Å². The van der Waals surface area contributed by atoms with Crippen LogP contribution < -0.4 is 15.0 Å². The minimum atomic E-state index is -0.722. The molecule has 7 nitrogen and oxygen atoms in total. The molecule has 1 aliphatic carbocycles. The summed E-state index contributed by atoms with van der Waals surface area (Å²) in [5, 5.41) is 3.56. The average molecular weight is 559 g/mol. The van der Waals surface area contributed by atoms with Crippen molar-refractivity contribution < 1.29 is 23.9 Å². The minimum Gasteiger partial charge on any atom is -0.497 e. The molecule has 42 heavy (non-hydrogen) atoms. The molecule has 1 N–H and O–H groups in total. The van der Waals surface area contributed by atoms with E-state index in [0.717, 1.165) is 22.7 Å². The summed E-state index contributed by atoms with van der Waals surface area (Å²) in [7, 11) is 2.96. The van der Waals surface area contributed by atoms with Crippen LogP contribution in [-0.4, -0.2) is 31.9 Å². The number of Topliss-reactive ketones (excluding diaryl/α,β-unsaturated/α-hetero) is 1. The fourth-order valence-electron chi connectivity index (χ4n) is 5.88. The Kier molecular flexibility index (Phi) is 7.32. The summed E-state index contributed by atoms with van der Waals surface area (Å²) in [6.45, 7) is 0. The summed E-state index contributed by atoms with van der Waals surface area (Å²) in [5.74, 6) is -0.00739. The zero-order chi connectivity index (χ0) is 29.2. The third-order valence-corrected chi connectivity index (χ3v) is 7.96. The Balaban J connectivity index is 1.53. The number of anilines is 2. The van der Waals surface area contributed by atoms with Gasteiger partial charge in [0.2, 0.25) is 0 Å². The van der Waals surface area contributed by atoms with Gasteiger partial charge in [-0.05, 0) is 72.0 Å². The topological polar surface area (TPSA) is 84.9 Å². The largest absolute Gasteiger partial charge is 0.497 e. The minimum absolute atomic E-state index is 0.0368. The lowest BCUT2D eigenvalue weighted by Gasteiger charge is -2.35. The average Bonchev–Trinajstić information content (AvgIpc) is 3.19. The number of rotatable bonds is 5. The molecular formula is C35H30N2O5. The van der Waals surface area contributed by atoms with Gasteiger partial charge in [0.15, 0.2) is 5.78 Å². The number of methoxy groups -OCH3 is 2. The van der Waals surface area contributed by atoms with Crippen LogP contribution in [0.4, 0.5) is 11.4 Å². The first-order valence-electron chi connectivity index (χ1n) is 13.8. The number of allylic oxidation sites excluding steroid dienone is 1. The summed E-state index contributed by atoms with van der Waals surface area (Å²) in [6.07, 6.45) is 0.888. The number of benzene rings is 4. The second-order valence-corrected chi connectivity index (χ2v) is 10.4. The summed E-state index contributed by atoms with van der Waals surface area (Å²) >= 11 is 0. The van der Waals surface area contributed by atoms with Crippen LogP contribution >= 0.6 is 0 Å². The molecule has 0 unspecified atom stereocenters. The van der Waals surface area contributed by atoms with Crippen molar-refractivity contribution in [3.8, 4) is 5.75 Å². The number of carbonyl (C=O) groups excluding carboxylic acids is 3. The number of esters is 1. The molecule has 6 rings (SSSR count). The lowest BCUT2D eigenvalue weighted by atomic mass is 9.78. The molecule has 0 saturated carbocycles. The molecule has 4 aromatic rings. The number of nitrogens with zero attached hydrogens (tertiary/aromatic N) is 1. The number of ketones is 1. The molecule has 1 amide bonds. The molecule has 7 heteroatoms. The first-order valence-corrected chi connectivity index (χ1v) is 13.8. The number of fused-ring (bicyclic) bond motifs is 1. The highest BCUT2D eigenvalue weighted by atomic mass is 16.5. The Morgan fingerprint density at radius 2 is 1.43 bits per heavy atom. The van der Waals surface area contributed by atoms with E-state index in [9.17, 15) is 14.4 Å². The number of carbonyl (C=O) groups is 3. The Morgan fingerprint density at radius 3 is 2.12 bits per heavy atom. The van der Waals surface area contributed by atoms with E-state index in [1.165, 1.54) is 7.11 Å². The van der Waals surface area contributed by atoms with Gasteiger partial charge < -0.3 is 14.8 Å². The van der Waals surface area contributed by atoms with Crippen LogP contribution in [0.2, 0.25) is 0 Å². The number of nitrogens with one attached hydrogen (secondary N) is 1. The molecule has 2 atom stereocenters. The molecule has 0 fully saturated rings. The number of hydrogen-bond donors (Lipinski definition) is 1. The van der Waals surface area contributed by atoms with Gasteiger partial charge in [0.05, 0.1) is 37.2 Å². The smallest absolute Gasteiger partial charge is 0.337 e. The van der Waals surface area contributed by atoms with Gasteiger partial charge in [-0.25, -0.2) is 4.79 Å².